The van der Waals surface area contributed by atoms with Crippen molar-refractivity contribution in [2.24, 2.45) is 0 Å². The molecule has 0 aliphatic heterocycles. The summed E-state index contributed by atoms with van der Waals surface area (Å²) in [5, 5.41) is 0. The van der Waals surface area contributed by atoms with Crippen LogP contribution in [0.4, 0.5) is 0 Å². The molecule has 1 aliphatic rings. The van der Waals surface area contributed by atoms with E-state index in [4.69, 9.17) is 0 Å². The van der Waals surface area contributed by atoms with Crippen LogP contribution in [0.1, 0.15) is 47.2 Å². The lowest BCUT2D eigenvalue weighted by atomic mass is 9.49. The number of pyridine rings is 2. The summed E-state index contributed by atoms with van der Waals surface area (Å²) in [5.41, 5.74) is 9.66. The third-order valence-corrected chi connectivity index (χ3v) is 7.20. The van der Waals surface area contributed by atoms with Gasteiger partial charge in [0, 0.05) is 35.6 Å². The highest BCUT2D eigenvalue weighted by atomic mass is 14.7. The first-order valence-corrected chi connectivity index (χ1v) is 10.5. The number of rotatable bonds is 2. The van der Waals surface area contributed by atoms with Crippen LogP contribution in [-0.4, -0.2) is 9.97 Å². The molecule has 4 aromatic rings. The van der Waals surface area contributed by atoms with E-state index < -0.39 is 0 Å². The van der Waals surface area contributed by atoms with Crippen molar-refractivity contribution in [3.63, 3.8) is 0 Å². The van der Waals surface area contributed by atoms with Crippen LogP contribution in [0.2, 0.25) is 0 Å². The Bertz CT molecular complexity index is 1130. The highest BCUT2D eigenvalue weighted by Crippen LogP contribution is 2.59. The van der Waals surface area contributed by atoms with Crippen molar-refractivity contribution in [2.75, 3.05) is 0 Å². The smallest absolute Gasteiger partial charge is 0.0331 e. The zero-order chi connectivity index (χ0) is 20.9. The number of nitrogens with zero attached hydrogens (tertiary/aromatic N) is 2. The van der Waals surface area contributed by atoms with Crippen molar-refractivity contribution in [1.82, 2.24) is 9.97 Å². The van der Waals surface area contributed by atoms with E-state index in [0.717, 1.165) is 0 Å². The van der Waals surface area contributed by atoms with Crippen molar-refractivity contribution >= 4 is 0 Å². The lowest BCUT2D eigenvalue weighted by molar-refractivity contribution is 0.353. The average molecular weight is 391 g/mol. The molecule has 0 saturated carbocycles. The highest BCUT2D eigenvalue weighted by Gasteiger charge is 2.54. The second kappa shape index (κ2) is 6.63. The van der Waals surface area contributed by atoms with Gasteiger partial charge >= 0.3 is 0 Å². The van der Waals surface area contributed by atoms with Crippen molar-refractivity contribution in [3.05, 3.63) is 119 Å². The number of aromatic nitrogens is 2. The summed E-state index contributed by atoms with van der Waals surface area (Å²) in [6.07, 6.45) is 7.77. The van der Waals surface area contributed by atoms with E-state index in [2.05, 4.69) is 86.2 Å². The van der Waals surface area contributed by atoms with Gasteiger partial charge in [-0.1, -0.05) is 73.5 Å². The first-order chi connectivity index (χ1) is 14.5. The fourth-order valence-electron chi connectivity index (χ4n) is 5.36. The molecule has 148 valence electrons. The molecule has 0 spiro atoms. The molecule has 0 fully saturated rings. The Hall–Kier alpha value is -3.26. The van der Waals surface area contributed by atoms with Crippen molar-refractivity contribution in [2.45, 2.75) is 38.5 Å². The summed E-state index contributed by atoms with van der Waals surface area (Å²) in [6.45, 7) is 9.10. The lowest BCUT2D eigenvalue weighted by Gasteiger charge is -2.52. The van der Waals surface area contributed by atoms with Gasteiger partial charge in [-0.25, -0.2) is 0 Å². The molecule has 2 heterocycles. The van der Waals surface area contributed by atoms with E-state index in [1.807, 2.05) is 36.9 Å². The summed E-state index contributed by atoms with van der Waals surface area (Å²) in [6, 6.07) is 22.3. The molecule has 0 saturated heterocycles. The molecule has 30 heavy (non-hydrogen) atoms. The number of aryl methyl sites for hydroxylation is 2. The standard InChI is InChI=1S/C28H26N2/c1-19-9-11-23-24-12-10-20(2)16-26(24)28(4,22-8-6-14-30-18-22)27(3,25(23)15-19)21-7-5-13-29-17-21/h5-18H,1-4H3. The molecule has 0 bridgehead atoms. The van der Waals surface area contributed by atoms with Crippen molar-refractivity contribution in [3.8, 4) is 11.1 Å². The third kappa shape index (κ3) is 2.43. The minimum Gasteiger partial charge on any atom is -0.264 e. The predicted molar refractivity (Wildman–Crippen MR) is 123 cm³/mol. The van der Waals surface area contributed by atoms with Crippen LogP contribution in [0, 0.1) is 13.8 Å². The van der Waals surface area contributed by atoms with E-state index >= 15 is 0 Å². The number of benzene rings is 2. The molecule has 0 radical (unpaired) electrons. The summed E-state index contributed by atoms with van der Waals surface area (Å²) in [5.74, 6) is 0. The van der Waals surface area contributed by atoms with Crippen LogP contribution in [0.15, 0.2) is 85.5 Å². The first kappa shape index (κ1) is 18.7. The Morgan fingerprint density at radius 3 is 1.40 bits per heavy atom. The second-order valence-electron chi connectivity index (χ2n) is 8.83. The maximum absolute atomic E-state index is 4.52. The summed E-state index contributed by atoms with van der Waals surface area (Å²) < 4.78 is 0. The third-order valence-electron chi connectivity index (χ3n) is 7.20. The zero-order valence-corrected chi connectivity index (χ0v) is 18.0. The lowest BCUT2D eigenvalue weighted by Crippen LogP contribution is -2.49. The predicted octanol–water partition coefficient (Wildman–Crippen LogP) is 6.39. The molecule has 0 amide bonds. The topological polar surface area (TPSA) is 25.8 Å². The second-order valence-corrected chi connectivity index (χ2v) is 8.83. The van der Waals surface area contributed by atoms with E-state index in [1.54, 1.807) is 0 Å². The van der Waals surface area contributed by atoms with Gasteiger partial charge in [0.2, 0.25) is 0 Å². The Balaban J connectivity index is 1.98. The van der Waals surface area contributed by atoms with Gasteiger partial charge in [0.1, 0.15) is 0 Å². The quantitative estimate of drug-likeness (QED) is 0.396. The number of hydrogen-bond donors (Lipinski definition) is 0. The maximum atomic E-state index is 4.52. The number of fused-ring (bicyclic) bond motifs is 3. The van der Waals surface area contributed by atoms with Crippen LogP contribution < -0.4 is 0 Å². The van der Waals surface area contributed by atoms with Gasteiger partial charge in [0.05, 0.1) is 0 Å². The maximum Gasteiger partial charge on any atom is 0.0331 e. The largest absolute Gasteiger partial charge is 0.264 e. The van der Waals surface area contributed by atoms with Gasteiger partial charge in [-0.2, -0.15) is 0 Å². The Morgan fingerprint density at radius 1 is 0.600 bits per heavy atom. The normalized spacial score (nSPS) is 22.3. The van der Waals surface area contributed by atoms with Gasteiger partial charge in [-0.3, -0.25) is 9.97 Å². The molecule has 5 rings (SSSR count). The minimum atomic E-state index is -0.313. The van der Waals surface area contributed by atoms with Gasteiger partial charge < -0.3 is 0 Å². The molecule has 2 unspecified atom stereocenters. The van der Waals surface area contributed by atoms with Gasteiger partial charge in [-0.05, 0) is 59.4 Å². The minimum absolute atomic E-state index is 0.313. The fraction of sp³-hybridized carbons (Fsp3) is 0.214. The van der Waals surface area contributed by atoms with Crippen molar-refractivity contribution < 1.29 is 0 Å². The van der Waals surface area contributed by atoms with Crippen molar-refractivity contribution in [1.29, 1.82) is 0 Å². The SMILES string of the molecule is Cc1ccc2c(c1)C(C)(c1cccnc1)C(C)(c1cccnc1)c1cc(C)ccc1-2. The highest BCUT2D eigenvalue weighted by molar-refractivity contribution is 5.81. The van der Waals surface area contributed by atoms with Gasteiger partial charge in [0.25, 0.3) is 0 Å². The fourth-order valence-corrected chi connectivity index (χ4v) is 5.36. The summed E-state index contributed by atoms with van der Waals surface area (Å²) in [7, 11) is 0. The van der Waals surface area contributed by atoms with Crippen LogP contribution in [0.5, 0.6) is 0 Å². The van der Waals surface area contributed by atoms with Crippen LogP contribution in [-0.2, 0) is 10.8 Å². The molecular formula is C28H26N2. The Labute approximate surface area is 178 Å². The summed E-state index contributed by atoms with van der Waals surface area (Å²) >= 11 is 0. The summed E-state index contributed by atoms with van der Waals surface area (Å²) in [4.78, 5) is 9.04. The van der Waals surface area contributed by atoms with E-state index in [9.17, 15) is 0 Å². The molecule has 1 aliphatic carbocycles. The van der Waals surface area contributed by atoms with Crippen LogP contribution in [0.25, 0.3) is 11.1 Å². The average Bonchev–Trinajstić information content (AvgIpc) is 2.78. The molecule has 2 nitrogen and oxygen atoms in total. The van der Waals surface area contributed by atoms with E-state index in [-0.39, 0.29) is 10.8 Å². The molecule has 2 aromatic heterocycles. The van der Waals surface area contributed by atoms with E-state index in [1.165, 1.54) is 44.5 Å². The van der Waals surface area contributed by atoms with Crippen LogP contribution in [0.3, 0.4) is 0 Å². The molecular weight excluding hydrogens is 364 g/mol. The first-order valence-electron chi connectivity index (χ1n) is 10.5. The Kier molecular flexibility index (Phi) is 4.14. The molecule has 0 N–H and O–H groups in total. The van der Waals surface area contributed by atoms with Crippen LogP contribution >= 0.6 is 0 Å². The Morgan fingerprint density at radius 2 is 1.03 bits per heavy atom. The number of hydrogen-bond acceptors (Lipinski definition) is 2. The molecule has 2 aromatic carbocycles. The van der Waals surface area contributed by atoms with Gasteiger partial charge in [-0.15, -0.1) is 0 Å². The van der Waals surface area contributed by atoms with E-state index in [0.29, 0.717) is 0 Å². The molecule has 2 heteroatoms. The zero-order valence-electron chi connectivity index (χ0n) is 18.0. The molecule has 2 atom stereocenters. The van der Waals surface area contributed by atoms with Gasteiger partial charge in [0.15, 0.2) is 0 Å². The monoisotopic (exact) mass is 390 g/mol.